The molecule has 2 rings (SSSR count). The third-order valence-electron chi connectivity index (χ3n) is 2.84. The second kappa shape index (κ2) is 5.42. The molecule has 0 atom stereocenters. The molecule has 0 aromatic heterocycles. The van der Waals surface area contributed by atoms with Crippen molar-refractivity contribution in [3.8, 4) is 11.8 Å². The molecule has 0 saturated carbocycles. The largest absolute Gasteiger partial charge is 0.399 e. The Bertz CT molecular complexity index is 566. The van der Waals surface area contributed by atoms with Crippen LogP contribution < -0.4 is 5.73 Å². The first-order chi connectivity index (χ1) is 8.65. The van der Waals surface area contributed by atoms with Crippen molar-refractivity contribution in [3.63, 3.8) is 0 Å². The van der Waals surface area contributed by atoms with E-state index in [9.17, 15) is 0 Å². The van der Waals surface area contributed by atoms with Gasteiger partial charge in [0, 0.05) is 16.8 Å². The average Bonchev–Trinajstić information content (AvgIpc) is 2.38. The Morgan fingerprint density at radius 1 is 0.778 bits per heavy atom. The highest BCUT2D eigenvalue weighted by Crippen LogP contribution is 2.14. The molecule has 0 aliphatic carbocycles. The number of hydrogen-bond donors (Lipinski definition) is 1. The first-order valence-electron chi connectivity index (χ1n) is 6.12. The second-order valence-electron chi connectivity index (χ2n) is 4.65. The van der Waals surface area contributed by atoms with E-state index in [2.05, 4.69) is 50.0 Å². The van der Waals surface area contributed by atoms with Crippen molar-refractivity contribution in [2.45, 2.75) is 19.8 Å². The standard InChI is InChI=1S/C17H17N/c1-13(2)16-9-5-14(6-10-16)3-4-15-7-11-17(18)12-8-15/h5-13H,18H2,1-2H3. The maximum absolute atomic E-state index is 5.63. The van der Waals surface area contributed by atoms with Gasteiger partial charge in [-0.15, -0.1) is 0 Å². The lowest BCUT2D eigenvalue weighted by molar-refractivity contribution is 0.866. The Morgan fingerprint density at radius 3 is 1.67 bits per heavy atom. The molecular weight excluding hydrogens is 218 g/mol. The molecule has 18 heavy (non-hydrogen) atoms. The van der Waals surface area contributed by atoms with E-state index in [1.807, 2.05) is 24.3 Å². The Hall–Kier alpha value is -2.20. The summed E-state index contributed by atoms with van der Waals surface area (Å²) in [5.74, 6) is 6.85. The molecule has 0 amide bonds. The van der Waals surface area contributed by atoms with Crippen LogP contribution in [0.1, 0.15) is 36.5 Å². The highest BCUT2D eigenvalue weighted by molar-refractivity contribution is 5.48. The Labute approximate surface area is 109 Å². The predicted molar refractivity (Wildman–Crippen MR) is 77.4 cm³/mol. The van der Waals surface area contributed by atoms with Gasteiger partial charge in [0.15, 0.2) is 0 Å². The van der Waals surface area contributed by atoms with Gasteiger partial charge in [0.05, 0.1) is 0 Å². The number of anilines is 1. The summed E-state index contributed by atoms with van der Waals surface area (Å²) in [6.07, 6.45) is 0. The molecule has 1 heteroatoms. The van der Waals surface area contributed by atoms with Crippen LogP contribution in [0.4, 0.5) is 5.69 Å². The van der Waals surface area contributed by atoms with Crippen LogP contribution >= 0.6 is 0 Å². The monoisotopic (exact) mass is 235 g/mol. The third kappa shape index (κ3) is 3.15. The predicted octanol–water partition coefficient (Wildman–Crippen LogP) is 3.79. The van der Waals surface area contributed by atoms with Crippen molar-refractivity contribution in [1.82, 2.24) is 0 Å². The number of rotatable bonds is 1. The summed E-state index contributed by atoms with van der Waals surface area (Å²) in [6, 6.07) is 16.0. The van der Waals surface area contributed by atoms with E-state index in [-0.39, 0.29) is 0 Å². The van der Waals surface area contributed by atoms with E-state index >= 15 is 0 Å². The van der Waals surface area contributed by atoms with Crippen LogP contribution in [0.5, 0.6) is 0 Å². The highest BCUT2D eigenvalue weighted by Gasteiger charge is 1.97. The summed E-state index contributed by atoms with van der Waals surface area (Å²) < 4.78 is 0. The molecule has 2 N–H and O–H groups in total. The first-order valence-corrected chi connectivity index (χ1v) is 6.12. The fourth-order valence-electron chi connectivity index (χ4n) is 1.66. The molecule has 2 aromatic rings. The number of nitrogens with two attached hydrogens (primary N) is 1. The zero-order valence-electron chi connectivity index (χ0n) is 10.8. The zero-order chi connectivity index (χ0) is 13.0. The van der Waals surface area contributed by atoms with Crippen molar-refractivity contribution >= 4 is 5.69 Å². The fraction of sp³-hybridized carbons (Fsp3) is 0.176. The molecule has 0 heterocycles. The van der Waals surface area contributed by atoms with E-state index in [0.717, 1.165) is 16.8 Å². The van der Waals surface area contributed by atoms with Crippen LogP contribution in [-0.4, -0.2) is 0 Å². The van der Waals surface area contributed by atoms with Crippen LogP contribution in [0, 0.1) is 11.8 Å². The van der Waals surface area contributed by atoms with Gasteiger partial charge in [0.2, 0.25) is 0 Å². The summed E-state index contributed by atoms with van der Waals surface area (Å²) in [6.45, 7) is 4.38. The quantitative estimate of drug-likeness (QED) is 0.590. The first kappa shape index (κ1) is 12.3. The van der Waals surface area contributed by atoms with Gasteiger partial charge < -0.3 is 5.73 Å². The van der Waals surface area contributed by atoms with Gasteiger partial charge in [-0.2, -0.15) is 0 Å². The molecule has 0 spiro atoms. The van der Waals surface area contributed by atoms with Gasteiger partial charge in [0.1, 0.15) is 0 Å². The highest BCUT2D eigenvalue weighted by atomic mass is 14.5. The summed E-state index contributed by atoms with van der Waals surface area (Å²) in [4.78, 5) is 0. The van der Waals surface area contributed by atoms with Gasteiger partial charge >= 0.3 is 0 Å². The number of hydrogen-bond acceptors (Lipinski definition) is 1. The van der Waals surface area contributed by atoms with Gasteiger partial charge in [-0.05, 0) is 47.9 Å². The fourth-order valence-corrected chi connectivity index (χ4v) is 1.66. The lowest BCUT2D eigenvalue weighted by Crippen LogP contribution is -1.86. The molecule has 0 unspecified atom stereocenters. The van der Waals surface area contributed by atoms with E-state index in [4.69, 9.17) is 5.73 Å². The zero-order valence-corrected chi connectivity index (χ0v) is 10.8. The minimum Gasteiger partial charge on any atom is -0.399 e. The average molecular weight is 235 g/mol. The van der Waals surface area contributed by atoms with E-state index < -0.39 is 0 Å². The molecule has 1 nitrogen and oxygen atoms in total. The molecule has 0 bridgehead atoms. The lowest BCUT2D eigenvalue weighted by atomic mass is 10.0. The van der Waals surface area contributed by atoms with Crippen molar-refractivity contribution in [2.75, 3.05) is 5.73 Å². The van der Waals surface area contributed by atoms with Crippen molar-refractivity contribution in [1.29, 1.82) is 0 Å². The Morgan fingerprint density at radius 2 is 1.22 bits per heavy atom. The smallest absolute Gasteiger partial charge is 0.0314 e. The molecule has 0 fully saturated rings. The van der Waals surface area contributed by atoms with Crippen LogP contribution in [0.2, 0.25) is 0 Å². The van der Waals surface area contributed by atoms with E-state index in [0.29, 0.717) is 5.92 Å². The van der Waals surface area contributed by atoms with Crippen molar-refractivity contribution in [2.24, 2.45) is 0 Å². The van der Waals surface area contributed by atoms with E-state index in [1.54, 1.807) is 0 Å². The maximum Gasteiger partial charge on any atom is 0.0314 e. The third-order valence-corrected chi connectivity index (χ3v) is 2.84. The Balaban J connectivity index is 2.17. The molecule has 0 aliphatic rings. The minimum absolute atomic E-state index is 0.559. The second-order valence-corrected chi connectivity index (χ2v) is 4.65. The maximum atomic E-state index is 5.63. The number of nitrogen functional groups attached to an aromatic ring is 1. The minimum atomic E-state index is 0.559. The van der Waals surface area contributed by atoms with Gasteiger partial charge in [0.25, 0.3) is 0 Å². The van der Waals surface area contributed by atoms with Gasteiger partial charge in [-0.25, -0.2) is 0 Å². The SMILES string of the molecule is CC(C)c1ccc(C#Cc2ccc(N)cc2)cc1. The van der Waals surface area contributed by atoms with Gasteiger partial charge in [-0.1, -0.05) is 37.8 Å². The van der Waals surface area contributed by atoms with Crippen molar-refractivity contribution in [3.05, 3.63) is 65.2 Å². The van der Waals surface area contributed by atoms with Crippen LogP contribution in [0.15, 0.2) is 48.5 Å². The molecule has 2 aromatic carbocycles. The van der Waals surface area contributed by atoms with E-state index in [1.165, 1.54) is 5.56 Å². The summed E-state index contributed by atoms with van der Waals surface area (Å²) in [7, 11) is 0. The van der Waals surface area contributed by atoms with Crippen LogP contribution in [0.3, 0.4) is 0 Å². The van der Waals surface area contributed by atoms with Crippen LogP contribution in [-0.2, 0) is 0 Å². The lowest BCUT2D eigenvalue weighted by Gasteiger charge is -2.03. The Kier molecular flexibility index (Phi) is 3.69. The van der Waals surface area contributed by atoms with Crippen LogP contribution in [0.25, 0.3) is 0 Å². The number of benzene rings is 2. The summed E-state index contributed by atoms with van der Waals surface area (Å²) in [5, 5.41) is 0. The molecule has 0 aliphatic heterocycles. The van der Waals surface area contributed by atoms with Crippen molar-refractivity contribution < 1.29 is 0 Å². The normalized spacial score (nSPS) is 9.94. The van der Waals surface area contributed by atoms with Gasteiger partial charge in [-0.3, -0.25) is 0 Å². The molecule has 0 radical (unpaired) electrons. The molecule has 0 saturated heterocycles. The summed E-state index contributed by atoms with van der Waals surface area (Å²) >= 11 is 0. The summed E-state index contributed by atoms with van der Waals surface area (Å²) in [5.41, 5.74) is 9.76. The topological polar surface area (TPSA) is 26.0 Å². The molecule has 90 valence electrons. The molecular formula is C17H17N.